The Morgan fingerprint density at radius 2 is 2.22 bits per heavy atom. The fourth-order valence-electron chi connectivity index (χ4n) is 3.10. The van der Waals surface area contributed by atoms with Gasteiger partial charge in [0.15, 0.2) is 5.82 Å². The van der Waals surface area contributed by atoms with E-state index in [2.05, 4.69) is 50.0 Å². The molecule has 23 heavy (non-hydrogen) atoms. The van der Waals surface area contributed by atoms with Gasteiger partial charge in [0, 0.05) is 44.1 Å². The van der Waals surface area contributed by atoms with Crippen LogP contribution >= 0.6 is 0 Å². The predicted octanol–water partition coefficient (Wildman–Crippen LogP) is 2.24. The molecular formula is C17H24N6. The Balaban J connectivity index is 1.77. The molecule has 2 aromatic heterocycles. The summed E-state index contributed by atoms with van der Waals surface area (Å²) < 4.78 is 0. The van der Waals surface area contributed by atoms with Gasteiger partial charge in [0.2, 0.25) is 0 Å². The van der Waals surface area contributed by atoms with Crippen LogP contribution in [-0.2, 0) is 6.42 Å². The second kappa shape index (κ2) is 6.89. The number of hydrogen-bond donors (Lipinski definition) is 0. The van der Waals surface area contributed by atoms with Crippen LogP contribution in [0.3, 0.4) is 0 Å². The first-order valence-corrected chi connectivity index (χ1v) is 8.27. The summed E-state index contributed by atoms with van der Waals surface area (Å²) in [5.41, 5.74) is 1.10. The van der Waals surface area contributed by atoms with Crippen molar-refractivity contribution >= 4 is 11.6 Å². The summed E-state index contributed by atoms with van der Waals surface area (Å²) in [6.45, 7) is 6.07. The highest BCUT2D eigenvalue weighted by atomic mass is 15.3. The van der Waals surface area contributed by atoms with Crippen molar-refractivity contribution in [2.45, 2.75) is 39.2 Å². The fraction of sp³-hybridized carbons (Fsp3) is 0.529. The van der Waals surface area contributed by atoms with Crippen molar-refractivity contribution in [3.05, 3.63) is 35.9 Å². The lowest BCUT2D eigenvalue weighted by atomic mass is 10.0. The highest BCUT2D eigenvalue weighted by Crippen LogP contribution is 2.23. The van der Waals surface area contributed by atoms with Crippen LogP contribution in [-0.4, -0.2) is 46.3 Å². The van der Waals surface area contributed by atoms with E-state index in [9.17, 15) is 0 Å². The molecule has 122 valence electrons. The van der Waals surface area contributed by atoms with E-state index in [1.165, 1.54) is 0 Å². The molecule has 0 bridgehead atoms. The summed E-state index contributed by atoms with van der Waals surface area (Å²) in [6.07, 6.45) is 4.96. The van der Waals surface area contributed by atoms with Crippen LogP contribution in [0, 0.1) is 6.92 Å². The van der Waals surface area contributed by atoms with Crippen LogP contribution < -0.4 is 9.80 Å². The molecule has 6 nitrogen and oxygen atoms in total. The van der Waals surface area contributed by atoms with E-state index in [-0.39, 0.29) is 0 Å². The molecule has 1 atom stereocenters. The Morgan fingerprint density at radius 1 is 1.35 bits per heavy atom. The second-order valence-corrected chi connectivity index (χ2v) is 6.05. The van der Waals surface area contributed by atoms with Gasteiger partial charge in [0.1, 0.15) is 11.6 Å². The van der Waals surface area contributed by atoms with Gasteiger partial charge in [-0.05, 0) is 38.3 Å². The monoisotopic (exact) mass is 312 g/mol. The number of aromatic nitrogens is 4. The van der Waals surface area contributed by atoms with Crippen molar-refractivity contribution in [2.24, 2.45) is 0 Å². The molecule has 0 amide bonds. The fourth-order valence-corrected chi connectivity index (χ4v) is 3.10. The minimum atomic E-state index is 0.421. The number of nitrogens with zero attached hydrogens (tertiary/aromatic N) is 6. The lowest BCUT2D eigenvalue weighted by Gasteiger charge is -2.38. The maximum Gasteiger partial charge on any atom is 0.151 e. The van der Waals surface area contributed by atoms with Gasteiger partial charge in [-0.15, -0.1) is 5.10 Å². The summed E-state index contributed by atoms with van der Waals surface area (Å²) in [5, 5.41) is 8.24. The Bertz CT molecular complexity index is 645. The molecule has 0 aliphatic carbocycles. The minimum Gasteiger partial charge on any atom is -0.355 e. The van der Waals surface area contributed by atoms with Gasteiger partial charge >= 0.3 is 0 Å². The van der Waals surface area contributed by atoms with E-state index in [1.807, 2.05) is 19.1 Å². The van der Waals surface area contributed by atoms with Crippen LogP contribution in [0.25, 0.3) is 0 Å². The van der Waals surface area contributed by atoms with Crippen molar-refractivity contribution in [2.75, 3.05) is 29.9 Å². The number of piperidine rings is 1. The molecule has 0 aromatic carbocycles. The SMILES string of the molecule is CCc1cc(N(C)C2CCCN(c3cccnn3)C2)nc(C)n1. The Morgan fingerprint density at radius 3 is 2.96 bits per heavy atom. The van der Waals surface area contributed by atoms with Crippen LogP contribution in [0.5, 0.6) is 0 Å². The van der Waals surface area contributed by atoms with Gasteiger partial charge in [-0.3, -0.25) is 0 Å². The maximum absolute atomic E-state index is 4.62. The molecule has 0 radical (unpaired) electrons. The van der Waals surface area contributed by atoms with E-state index in [1.54, 1.807) is 6.20 Å². The lowest BCUT2D eigenvalue weighted by molar-refractivity contribution is 0.482. The molecule has 0 spiro atoms. The van der Waals surface area contributed by atoms with Crippen molar-refractivity contribution in [3.63, 3.8) is 0 Å². The zero-order chi connectivity index (χ0) is 16.2. The third-order valence-electron chi connectivity index (χ3n) is 4.43. The van der Waals surface area contributed by atoms with E-state index < -0.39 is 0 Å². The van der Waals surface area contributed by atoms with Crippen LogP contribution in [0.4, 0.5) is 11.6 Å². The van der Waals surface area contributed by atoms with Gasteiger partial charge < -0.3 is 9.80 Å². The summed E-state index contributed by atoms with van der Waals surface area (Å²) in [5.74, 6) is 2.81. The molecular weight excluding hydrogens is 288 g/mol. The third kappa shape index (κ3) is 3.57. The summed E-state index contributed by atoms with van der Waals surface area (Å²) in [4.78, 5) is 13.7. The Kier molecular flexibility index (Phi) is 4.69. The van der Waals surface area contributed by atoms with Crippen LogP contribution in [0.15, 0.2) is 24.4 Å². The first-order valence-electron chi connectivity index (χ1n) is 8.27. The van der Waals surface area contributed by atoms with E-state index >= 15 is 0 Å². The van der Waals surface area contributed by atoms with Crippen LogP contribution in [0.1, 0.15) is 31.3 Å². The van der Waals surface area contributed by atoms with Crippen molar-refractivity contribution in [3.8, 4) is 0 Å². The zero-order valence-corrected chi connectivity index (χ0v) is 14.1. The first kappa shape index (κ1) is 15.6. The number of aryl methyl sites for hydroxylation is 2. The van der Waals surface area contributed by atoms with E-state index in [4.69, 9.17) is 0 Å². The highest BCUT2D eigenvalue weighted by Gasteiger charge is 2.25. The summed E-state index contributed by atoms with van der Waals surface area (Å²) in [7, 11) is 2.13. The van der Waals surface area contributed by atoms with Gasteiger partial charge in [0.25, 0.3) is 0 Å². The molecule has 1 fully saturated rings. The van der Waals surface area contributed by atoms with Gasteiger partial charge in [-0.1, -0.05) is 6.92 Å². The number of hydrogen-bond acceptors (Lipinski definition) is 6. The predicted molar refractivity (Wildman–Crippen MR) is 91.8 cm³/mol. The molecule has 0 N–H and O–H groups in total. The number of anilines is 2. The van der Waals surface area contributed by atoms with Gasteiger partial charge in [-0.2, -0.15) is 5.10 Å². The molecule has 2 aromatic rings. The number of likely N-dealkylation sites (N-methyl/N-ethyl adjacent to an activating group) is 1. The standard InChI is InChI=1S/C17H24N6/c1-4-14-11-17(20-13(2)19-14)22(3)15-7-6-10-23(12-15)16-8-5-9-18-21-16/h5,8-9,11,15H,4,6-7,10,12H2,1-3H3. The normalized spacial score (nSPS) is 18.0. The first-order chi connectivity index (χ1) is 11.2. The van der Waals surface area contributed by atoms with Crippen LogP contribution in [0.2, 0.25) is 0 Å². The molecule has 3 heterocycles. The lowest BCUT2D eigenvalue weighted by Crippen LogP contribution is -2.47. The van der Waals surface area contributed by atoms with Gasteiger partial charge in [0.05, 0.1) is 0 Å². The van der Waals surface area contributed by atoms with Crippen molar-refractivity contribution in [1.29, 1.82) is 0 Å². The average Bonchev–Trinajstić information content (AvgIpc) is 2.61. The molecule has 1 saturated heterocycles. The second-order valence-electron chi connectivity index (χ2n) is 6.05. The number of rotatable bonds is 4. The van der Waals surface area contributed by atoms with Gasteiger partial charge in [-0.25, -0.2) is 9.97 Å². The quantitative estimate of drug-likeness (QED) is 0.863. The molecule has 1 aliphatic heterocycles. The average molecular weight is 312 g/mol. The molecule has 1 aliphatic rings. The molecule has 6 heteroatoms. The largest absolute Gasteiger partial charge is 0.355 e. The van der Waals surface area contributed by atoms with E-state index in [0.717, 1.165) is 55.5 Å². The van der Waals surface area contributed by atoms with E-state index in [0.29, 0.717) is 6.04 Å². The van der Waals surface area contributed by atoms with Crippen molar-refractivity contribution in [1.82, 2.24) is 20.2 Å². The third-order valence-corrected chi connectivity index (χ3v) is 4.43. The topological polar surface area (TPSA) is 58.0 Å². The molecule has 0 saturated carbocycles. The Hall–Kier alpha value is -2.24. The maximum atomic E-state index is 4.62. The summed E-state index contributed by atoms with van der Waals surface area (Å²) in [6, 6.07) is 6.50. The molecule has 3 rings (SSSR count). The summed E-state index contributed by atoms with van der Waals surface area (Å²) >= 11 is 0. The zero-order valence-electron chi connectivity index (χ0n) is 14.1. The molecule has 1 unspecified atom stereocenters. The highest BCUT2D eigenvalue weighted by molar-refractivity contribution is 5.43. The Labute approximate surface area is 137 Å². The minimum absolute atomic E-state index is 0.421. The smallest absolute Gasteiger partial charge is 0.151 e. The van der Waals surface area contributed by atoms with Crippen molar-refractivity contribution < 1.29 is 0 Å².